The van der Waals surface area contributed by atoms with Crippen LogP contribution in [-0.2, 0) is 9.53 Å². The van der Waals surface area contributed by atoms with E-state index in [1.165, 1.54) is 0 Å². The van der Waals surface area contributed by atoms with Gasteiger partial charge in [-0.25, -0.2) is 5.43 Å². The van der Waals surface area contributed by atoms with Crippen LogP contribution in [0.25, 0.3) is 0 Å². The lowest BCUT2D eigenvalue weighted by molar-refractivity contribution is -0.123. The molecule has 1 N–H and O–H groups in total. The van der Waals surface area contributed by atoms with Gasteiger partial charge in [-0.05, 0) is 43.5 Å². The van der Waals surface area contributed by atoms with Crippen LogP contribution >= 0.6 is 0 Å². The summed E-state index contributed by atoms with van der Waals surface area (Å²) in [6, 6.07) is 16.2. The molecular formula is C23H29N3O3. The van der Waals surface area contributed by atoms with Crippen molar-refractivity contribution in [2.24, 2.45) is 5.10 Å². The second kappa shape index (κ2) is 10.2. The Morgan fingerprint density at radius 3 is 2.62 bits per heavy atom. The number of amides is 1. The van der Waals surface area contributed by atoms with Crippen LogP contribution in [0.15, 0.2) is 53.6 Å². The van der Waals surface area contributed by atoms with Gasteiger partial charge in [0.2, 0.25) is 0 Å². The minimum atomic E-state index is -0.279. The first-order chi connectivity index (χ1) is 14.0. The van der Waals surface area contributed by atoms with E-state index >= 15 is 0 Å². The van der Waals surface area contributed by atoms with Gasteiger partial charge in [0.1, 0.15) is 5.75 Å². The van der Waals surface area contributed by atoms with Crippen LogP contribution in [0, 0.1) is 13.8 Å². The number of nitrogens with one attached hydrogen (secondary N) is 1. The monoisotopic (exact) mass is 395 g/mol. The number of rotatable bonds is 7. The zero-order chi connectivity index (χ0) is 20.6. The van der Waals surface area contributed by atoms with E-state index in [-0.39, 0.29) is 18.6 Å². The third-order valence-corrected chi connectivity index (χ3v) is 4.98. The Labute approximate surface area is 172 Å². The summed E-state index contributed by atoms with van der Waals surface area (Å²) >= 11 is 0. The third-order valence-electron chi connectivity index (χ3n) is 4.98. The summed E-state index contributed by atoms with van der Waals surface area (Å²) < 4.78 is 11.2. The number of hydrazone groups is 1. The number of carbonyl (C=O) groups excluding carboxylic acids is 1. The van der Waals surface area contributed by atoms with Crippen molar-refractivity contribution in [3.8, 4) is 5.75 Å². The maximum atomic E-state index is 12.3. The molecule has 29 heavy (non-hydrogen) atoms. The predicted octanol–water partition coefficient (Wildman–Crippen LogP) is 3.25. The highest BCUT2D eigenvalue weighted by Gasteiger charge is 2.25. The molecule has 0 aromatic heterocycles. The average molecular weight is 396 g/mol. The molecule has 2 aromatic rings. The van der Waals surface area contributed by atoms with E-state index in [2.05, 4.69) is 27.6 Å². The Kier molecular flexibility index (Phi) is 7.38. The number of nitrogens with zero attached hydrogens (tertiary/aromatic N) is 2. The molecule has 1 atom stereocenters. The van der Waals surface area contributed by atoms with Gasteiger partial charge in [0.25, 0.3) is 5.91 Å². The summed E-state index contributed by atoms with van der Waals surface area (Å²) in [7, 11) is 0. The minimum Gasteiger partial charge on any atom is -0.483 e. The molecule has 1 aliphatic rings. The molecule has 6 nitrogen and oxygen atoms in total. The van der Waals surface area contributed by atoms with Gasteiger partial charge in [-0.3, -0.25) is 9.69 Å². The van der Waals surface area contributed by atoms with E-state index in [1.807, 2.05) is 57.2 Å². The fourth-order valence-electron chi connectivity index (χ4n) is 3.44. The van der Waals surface area contributed by atoms with Crippen LogP contribution in [0.3, 0.4) is 0 Å². The zero-order valence-electron chi connectivity index (χ0n) is 17.4. The molecule has 2 aromatic carbocycles. The molecule has 6 heteroatoms. The number of hydrogen-bond donors (Lipinski definition) is 1. The van der Waals surface area contributed by atoms with Crippen molar-refractivity contribution in [2.45, 2.75) is 26.8 Å². The standard InChI is InChI=1S/C23H29N3O3/c1-17-9-10-18(2)21(15-17)29-16-22(27)25-24-19(3)23(20-7-5-4-6-8-20)26-11-13-28-14-12-26/h4-10,15,23H,11-14,16H2,1-3H3,(H,25,27)/b24-19-/t23-/m1/s1. The number of ether oxygens (including phenoxy) is 2. The average Bonchev–Trinajstić information content (AvgIpc) is 2.74. The molecule has 1 saturated heterocycles. The summed E-state index contributed by atoms with van der Waals surface area (Å²) in [5.74, 6) is 0.440. The Morgan fingerprint density at radius 1 is 1.17 bits per heavy atom. The molecule has 0 aliphatic carbocycles. The van der Waals surface area contributed by atoms with Crippen LogP contribution in [0.5, 0.6) is 5.75 Å². The van der Waals surface area contributed by atoms with Crippen LogP contribution < -0.4 is 10.2 Å². The van der Waals surface area contributed by atoms with Crippen LogP contribution in [0.1, 0.15) is 29.7 Å². The van der Waals surface area contributed by atoms with Gasteiger partial charge in [-0.1, -0.05) is 42.5 Å². The second-order valence-electron chi connectivity index (χ2n) is 7.31. The van der Waals surface area contributed by atoms with Gasteiger partial charge in [0.05, 0.1) is 25.0 Å². The number of hydrogen-bond acceptors (Lipinski definition) is 5. The van der Waals surface area contributed by atoms with Crippen molar-refractivity contribution in [3.05, 3.63) is 65.2 Å². The van der Waals surface area contributed by atoms with E-state index in [9.17, 15) is 4.79 Å². The quantitative estimate of drug-likeness (QED) is 0.577. The number of aryl methyl sites for hydroxylation is 2. The lowest BCUT2D eigenvalue weighted by Crippen LogP contribution is -2.42. The number of benzene rings is 2. The van der Waals surface area contributed by atoms with Crippen LogP contribution in [0.4, 0.5) is 0 Å². The maximum absolute atomic E-state index is 12.3. The largest absolute Gasteiger partial charge is 0.483 e. The maximum Gasteiger partial charge on any atom is 0.277 e. The summed E-state index contributed by atoms with van der Waals surface area (Å²) in [5, 5.41) is 4.38. The van der Waals surface area contributed by atoms with E-state index in [1.54, 1.807) is 0 Å². The highest BCUT2D eigenvalue weighted by atomic mass is 16.5. The van der Waals surface area contributed by atoms with E-state index < -0.39 is 0 Å². The second-order valence-corrected chi connectivity index (χ2v) is 7.31. The van der Waals surface area contributed by atoms with Crippen molar-refractivity contribution in [1.82, 2.24) is 10.3 Å². The van der Waals surface area contributed by atoms with Crippen LogP contribution in [0.2, 0.25) is 0 Å². The minimum absolute atomic E-state index is 0.000311. The summed E-state index contributed by atoms with van der Waals surface area (Å²) in [6.07, 6.45) is 0. The Bertz CT molecular complexity index is 846. The summed E-state index contributed by atoms with van der Waals surface area (Å²) in [6.45, 7) is 8.89. The smallest absolute Gasteiger partial charge is 0.277 e. The molecule has 1 amide bonds. The Morgan fingerprint density at radius 2 is 1.90 bits per heavy atom. The predicted molar refractivity (Wildman–Crippen MR) is 114 cm³/mol. The van der Waals surface area contributed by atoms with Crippen LogP contribution in [-0.4, -0.2) is 49.4 Å². The van der Waals surface area contributed by atoms with E-state index in [0.29, 0.717) is 13.2 Å². The highest BCUT2D eigenvalue weighted by molar-refractivity contribution is 5.90. The van der Waals surface area contributed by atoms with Gasteiger partial charge in [-0.2, -0.15) is 5.10 Å². The summed E-state index contributed by atoms with van der Waals surface area (Å²) in [5.41, 5.74) is 6.72. The topological polar surface area (TPSA) is 63.2 Å². The zero-order valence-corrected chi connectivity index (χ0v) is 17.4. The van der Waals surface area contributed by atoms with Crippen molar-refractivity contribution < 1.29 is 14.3 Å². The lowest BCUT2D eigenvalue weighted by atomic mass is 10.0. The normalized spacial score (nSPS) is 16.3. The van der Waals surface area contributed by atoms with Gasteiger partial charge in [0, 0.05) is 13.1 Å². The van der Waals surface area contributed by atoms with Gasteiger partial charge in [-0.15, -0.1) is 0 Å². The first kappa shape index (κ1) is 21.0. The molecule has 3 rings (SSSR count). The molecule has 0 radical (unpaired) electrons. The number of carbonyl (C=O) groups is 1. The fraction of sp³-hybridized carbons (Fsp3) is 0.391. The highest BCUT2D eigenvalue weighted by Crippen LogP contribution is 2.23. The first-order valence-electron chi connectivity index (χ1n) is 9.94. The first-order valence-corrected chi connectivity index (χ1v) is 9.94. The van der Waals surface area contributed by atoms with Gasteiger partial charge < -0.3 is 9.47 Å². The molecular weight excluding hydrogens is 366 g/mol. The van der Waals surface area contributed by atoms with Crippen molar-refractivity contribution in [1.29, 1.82) is 0 Å². The van der Waals surface area contributed by atoms with Crippen molar-refractivity contribution in [2.75, 3.05) is 32.9 Å². The van der Waals surface area contributed by atoms with E-state index in [4.69, 9.17) is 9.47 Å². The molecule has 0 unspecified atom stereocenters. The lowest BCUT2D eigenvalue weighted by Gasteiger charge is -2.34. The molecule has 1 fully saturated rings. The number of morpholine rings is 1. The molecule has 1 heterocycles. The van der Waals surface area contributed by atoms with Crippen molar-refractivity contribution in [3.63, 3.8) is 0 Å². The summed E-state index contributed by atoms with van der Waals surface area (Å²) in [4.78, 5) is 14.6. The SMILES string of the molecule is C/C(=N/NC(=O)COc1cc(C)ccc1C)[C@H](c1ccccc1)N1CCOCC1. The van der Waals surface area contributed by atoms with Crippen molar-refractivity contribution >= 4 is 11.6 Å². The fourth-order valence-corrected chi connectivity index (χ4v) is 3.44. The molecule has 0 spiro atoms. The Balaban J connectivity index is 1.65. The van der Waals surface area contributed by atoms with Gasteiger partial charge >= 0.3 is 0 Å². The third kappa shape index (κ3) is 5.89. The van der Waals surface area contributed by atoms with E-state index in [0.717, 1.165) is 41.2 Å². The molecule has 0 saturated carbocycles. The Hall–Kier alpha value is -2.70. The molecule has 154 valence electrons. The molecule has 0 bridgehead atoms. The van der Waals surface area contributed by atoms with Gasteiger partial charge in [0.15, 0.2) is 6.61 Å². The molecule has 1 aliphatic heterocycles.